The first-order valence-corrected chi connectivity index (χ1v) is 18.7. The summed E-state index contributed by atoms with van der Waals surface area (Å²) < 4.78 is 8.30. The van der Waals surface area contributed by atoms with Crippen molar-refractivity contribution in [3.05, 3.63) is 60.7 Å². The van der Waals surface area contributed by atoms with Crippen molar-refractivity contribution >= 4 is 29.8 Å². The van der Waals surface area contributed by atoms with Gasteiger partial charge in [0.15, 0.2) is 0 Å². The first-order valence-electron chi connectivity index (χ1n) is 11.2. The molecule has 0 saturated heterocycles. The molecule has 2 rings (SSSR count). The number of unbranched alkanes of at least 4 members (excludes halogenated alkanes) is 3. The van der Waals surface area contributed by atoms with Crippen molar-refractivity contribution in [2.24, 2.45) is 0 Å². The van der Waals surface area contributed by atoms with Crippen LogP contribution in [0.4, 0.5) is 11.4 Å². The summed E-state index contributed by atoms with van der Waals surface area (Å²) in [6, 6.07) is 25.0. The average Bonchev–Trinajstić information content (AvgIpc) is 2.76. The first-order chi connectivity index (χ1) is 13.7. The van der Waals surface area contributed by atoms with E-state index in [-0.39, 0.29) is 0 Å². The summed E-state index contributed by atoms with van der Waals surface area (Å²) in [5.41, 5.74) is 2.34. The van der Waals surface area contributed by atoms with Crippen LogP contribution >= 0.6 is 0 Å². The molecule has 0 unspecified atom stereocenters. The molecule has 28 heavy (non-hydrogen) atoms. The van der Waals surface area contributed by atoms with E-state index in [2.05, 4.69) is 96.3 Å². The maximum atomic E-state index is 4.02. The van der Waals surface area contributed by atoms with Crippen LogP contribution in [0.1, 0.15) is 59.3 Å². The van der Waals surface area contributed by atoms with Gasteiger partial charge in [0.2, 0.25) is 0 Å². The van der Waals surface area contributed by atoms with Crippen LogP contribution in [0.3, 0.4) is 0 Å². The molecule has 0 fully saturated rings. The predicted octanol–water partition coefficient (Wildman–Crippen LogP) is 8.17. The van der Waals surface area contributed by atoms with Crippen LogP contribution in [0.15, 0.2) is 60.7 Å². The Morgan fingerprint density at radius 3 is 1.39 bits per heavy atom. The minimum absolute atomic E-state index is 1.17. The molecule has 2 heteroatoms. The maximum absolute atomic E-state index is 4.02. The molecule has 0 aliphatic carbocycles. The number of hydrogen-bond acceptors (Lipinski definition) is 1. The van der Waals surface area contributed by atoms with Gasteiger partial charge in [-0.1, -0.05) is 0 Å². The molecule has 0 aliphatic rings. The van der Waals surface area contributed by atoms with Crippen molar-refractivity contribution < 1.29 is 0 Å². The molecular weight excluding hydrogens is 445 g/mol. The fraction of sp³-hybridized carbons (Fsp3) is 0.462. The molecule has 1 nitrogen and oxygen atoms in total. The van der Waals surface area contributed by atoms with Crippen LogP contribution in [0.2, 0.25) is 13.3 Å². The van der Waals surface area contributed by atoms with Crippen molar-refractivity contribution in [2.45, 2.75) is 72.6 Å². The molecule has 0 N–H and O–H groups in total. The van der Waals surface area contributed by atoms with Gasteiger partial charge in [-0.05, 0) is 0 Å². The number of rotatable bonds is 11. The molecular formula is C26H37NSn. The Bertz CT molecular complexity index is 653. The monoisotopic (exact) mass is 483 g/mol. The Morgan fingerprint density at radius 1 is 0.643 bits per heavy atom. The van der Waals surface area contributed by atoms with Crippen molar-refractivity contribution in [1.82, 2.24) is 0 Å². The van der Waals surface area contributed by atoms with Crippen LogP contribution in [0.5, 0.6) is 0 Å². The third-order valence-electron chi connectivity index (χ3n) is 5.49. The zero-order valence-electron chi connectivity index (χ0n) is 18.1. The molecule has 0 saturated carbocycles. The van der Waals surface area contributed by atoms with Crippen LogP contribution < -0.4 is 4.90 Å². The molecule has 2 aromatic rings. The number of anilines is 2. The van der Waals surface area contributed by atoms with E-state index >= 15 is 0 Å². The SMILES string of the molecule is CCC[CH2][Sn]([C]#CN(c1ccccc1)c1ccccc1)([CH2]CCC)[CH2]CCC. The van der Waals surface area contributed by atoms with Gasteiger partial charge in [-0.2, -0.15) is 0 Å². The van der Waals surface area contributed by atoms with Crippen LogP contribution in [-0.4, -0.2) is 18.4 Å². The van der Waals surface area contributed by atoms with E-state index in [4.69, 9.17) is 0 Å². The summed E-state index contributed by atoms with van der Waals surface area (Å²) in [7, 11) is 0. The zero-order valence-corrected chi connectivity index (χ0v) is 20.9. The first kappa shape index (κ1) is 22.9. The Kier molecular flexibility index (Phi) is 10.6. The van der Waals surface area contributed by atoms with Gasteiger partial charge in [0.1, 0.15) is 0 Å². The van der Waals surface area contributed by atoms with Gasteiger partial charge >= 0.3 is 178 Å². The minimum atomic E-state index is -2.48. The second-order valence-electron chi connectivity index (χ2n) is 7.83. The van der Waals surface area contributed by atoms with E-state index in [1.807, 2.05) is 0 Å². The second-order valence-corrected chi connectivity index (χ2v) is 20.1. The van der Waals surface area contributed by atoms with Gasteiger partial charge < -0.3 is 0 Å². The molecule has 0 heterocycles. The number of hydrogen-bond donors (Lipinski definition) is 0. The van der Waals surface area contributed by atoms with Gasteiger partial charge in [0.05, 0.1) is 0 Å². The van der Waals surface area contributed by atoms with E-state index in [0.29, 0.717) is 0 Å². The second kappa shape index (κ2) is 12.9. The number of nitrogens with zero attached hydrogens (tertiary/aromatic N) is 1. The predicted molar refractivity (Wildman–Crippen MR) is 128 cm³/mol. The summed E-state index contributed by atoms with van der Waals surface area (Å²) in [5.74, 6) is 0. The van der Waals surface area contributed by atoms with Crippen LogP contribution in [0.25, 0.3) is 0 Å². The van der Waals surface area contributed by atoms with Gasteiger partial charge in [-0.25, -0.2) is 0 Å². The molecule has 0 atom stereocenters. The molecule has 150 valence electrons. The fourth-order valence-corrected chi connectivity index (χ4v) is 16.7. The fourth-order valence-electron chi connectivity index (χ4n) is 3.71. The summed E-state index contributed by atoms with van der Waals surface area (Å²) in [5, 5.41) is 0. The Hall–Kier alpha value is -1.40. The van der Waals surface area contributed by atoms with Crippen molar-refractivity contribution in [3.8, 4) is 9.98 Å². The van der Waals surface area contributed by atoms with E-state index in [9.17, 15) is 0 Å². The van der Waals surface area contributed by atoms with Crippen LogP contribution in [-0.2, 0) is 0 Å². The number of benzene rings is 2. The summed E-state index contributed by atoms with van der Waals surface area (Å²) in [4.78, 5) is 2.22. The molecule has 0 aliphatic heterocycles. The van der Waals surface area contributed by atoms with Crippen LogP contribution in [0, 0.1) is 9.98 Å². The molecule has 0 bridgehead atoms. The molecule has 0 aromatic heterocycles. The van der Waals surface area contributed by atoms with E-state index in [1.54, 1.807) is 0 Å². The molecule has 2 aromatic carbocycles. The summed E-state index contributed by atoms with van der Waals surface area (Å²) in [6.45, 7) is 6.97. The molecule has 0 amide bonds. The van der Waals surface area contributed by atoms with Crippen molar-refractivity contribution in [3.63, 3.8) is 0 Å². The third kappa shape index (κ3) is 7.21. The zero-order chi connectivity index (χ0) is 20.1. The van der Waals surface area contributed by atoms with Gasteiger partial charge in [0.25, 0.3) is 0 Å². The van der Waals surface area contributed by atoms with Gasteiger partial charge in [0, 0.05) is 0 Å². The van der Waals surface area contributed by atoms with Gasteiger partial charge in [-0.15, -0.1) is 0 Å². The van der Waals surface area contributed by atoms with Crippen molar-refractivity contribution in [1.29, 1.82) is 0 Å². The normalized spacial score (nSPS) is 11.0. The van der Waals surface area contributed by atoms with Gasteiger partial charge in [-0.3, -0.25) is 0 Å². The average molecular weight is 482 g/mol. The Morgan fingerprint density at radius 2 is 1.04 bits per heavy atom. The quantitative estimate of drug-likeness (QED) is 0.177. The molecule has 0 spiro atoms. The van der Waals surface area contributed by atoms with Crippen molar-refractivity contribution in [2.75, 3.05) is 4.90 Å². The Balaban J connectivity index is 2.42. The topological polar surface area (TPSA) is 3.24 Å². The standard InChI is InChI=1S/C14H10N.3C4H9.Sn/c1-2-15(13-9-5-3-6-10-13)14-11-7-4-8-12-14;3*1-3-4-2;/h3-12H;3*1,3-4H2,2H3;. The third-order valence-corrected chi connectivity index (χ3v) is 18.5. The van der Waals surface area contributed by atoms with E-state index in [0.717, 1.165) is 0 Å². The number of para-hydroxylation sites is 2. The Labute approximate surface area is 177 Å². The van der Waals surface area contributed by atoms with E-state index < -0.39 is 18.4 Å². The van der Waals surface area contributed by atoms with E-state index in [1.165, 1.54) is 63.2 Å². The summed E-state index contributed by atoms with van der Waals surface area (Å²) >= 11 is -2.48. The summed E-state index contributed by atoms with van der Waals surface area (Å²) in [6.07, 6.45) is 7.94. The molecule has 0 radical (unpaired) electrons.